The highest BCUT2D eigenvalue weighted by atomic mass is 19.4. The normalized spacial score (nSPS) is 11.4. The summed E-state index contributed by atoms with van der Waals surface area (Å²) in [6.07, 6.45) is -4.72. The van der Waals surface area contributed by atoms with Gasteiger partial charge in [-0.25, -0.2) is 4.39 Å². The fourth-order valence-electron chi connectivity index (χ4n) is 1.75. The van der Waals surface area contributed by atoms with Gasteiger partial charge in [0.25, 0.3) is 0 Å². The molecule has 104 valence electrons. The molecule has 0 aliphatic heterocycles. The molecule has 0 radical (unpaired) electrons. The van der Waals surface area contributed by atoms with Crippen LogP contribution in [-0.2, 0) is 6.18 Å². The lowest BCUT2D eigenvalue weighted by molar-refractivity contribution is -0.139. The first-order valence-electron chi connectivity index (χ1n) is 5.56. The van der Waals surface area contributed by atoms with Gasteiger partial charge < -0.3 is 5.73 Å². The Morgan fingerprint density at radius 3 is 1.95 bits per heavy atom. The van der Waals surface area contributed by atoms with E-state index in [4.69, 9.17) is 5.73 Å². The number of benzene rings is 2. The quantitative estimate of drug-likeness (QED) is 0.841. The van der Waals surface area contributed by atoms with Crippen LogP contribution in [0.25, 0.3) is 11.1 Å². The molecule has 0 fully saturated rings. The molecule has 1 amide bonds. The van der Waals surface area contributed by atoms with Gasteiger partial charge in [-0.15, -0.1) is 0 Å². The van der Waals surface area contributed by atoms with Crippen molar-refractivity contribution in [3.05, 3.63) is 59.4 Å². The molecule has 6 heteroatoms. The largest absolute Gasteiger partial charge is 0.419 e. The fraction of sp³-hybridized carbons (Fsp3) is 0.0714. The maximum atomic E-state index is 13.4. The number of nitrogens with two attached hydrogens (primary N) is 1. The molecule has 2 aromatic rings. The maximum absolute atomic E-state index is 13.4. The van der Waals surface area contributed by atoms with Crippen LogP contribution in [0.1, 0.15) is 15.9 Å². The van der Waals surface area contributed by atoms with E-state index in [0.717, 1.165) is 6.07 Å². The van der Waals surface area contributed by atoms with Crippen molar-refractivity contribution in [2.75, 3.05) is 0 Å². The minimum Gasteiger partial charge on any atom is -0.366 e. The molecule has 2 rings (SSSR count). The van der Waals surface area contributed by atoms with E-state index >= 15 is 0 Å². The second-order valence-electron chi connectivity index (χ2n) is 4.13. The van der Waals surface area contributed by atoms with E-state index in [0.29, 0.717) is 11.6 Å². The number of hydrogen-bond donors (Lipinski definition) is 1. The van der Waals surface area contributed by atoms with E-state index in [-0.39, 0.29) is 11.1 Å². The smallest absolute Gasteiger partial charge is 0.366 e. The molecule has 0 saturated heterocycles. The van der Waals surface area contributed by atoms with Gasteiger partial charge in [0.15, 0.2) is 0 Å². The van der Waals surface area contributed by atoms with E-state index < -0.39 is 23.5 Å². The van der Waals surface area contributed by atoms with Crippen LogP contribution in [0.4, 0.5) is 17.6 Å². The molecular weight excluding hydrogens is 274 g/mol. The molecule has 0 atom stereocenters. The molecule has 0 aromatic heterocycles. The van der Waals surface area contributed by atoms with Crippen LogP contribution in [0.3, 0.4) is 0 Å². The molecule has 0 aliphatic rings. The van der Waals surface area contributed by atoms with Crippen molar-refractivity contribution in [1.82, 2.24) is 0 Å². The Kier molecular flexibility index (Phi) is 3.48. The maximum Gasteiger partial charge on any atom is 0.419 e. The van der Waals surface area contributed by atoms with Gasteiger partial charge in [-0.05, 0) is 35.4 Å². The highest BCUT2D eigenvalue weighted by Gasteiger charge is 2.33. The van der Waals surface area contributed by atoms with Gasteiger partial charge in [-0.2, -0.15) is 13.2 Å². The molecule has 2 aromatic carbocycles. The average molecular weight is 283 g/mol. The van der Waals surface area contributed by atoms with Crippen LogP contribution in [0.2, 0.25) is 0 Å². The third kappa shape index (κ3) is 2.79. The van der Waals surface area contributed by atoms with Crippen molar-refractivity contribution in [3.63, 3.8) is 0 Å². The van der Waals surface area contributed by atoms with Crippen LogP contribution < -0.4 is 5.73 Å². The zero-order valence-corrected chi connectivity index (χ0v) is 10.0. The second kappa shape index (κ2) is 4.96. The van der Waals surface area contributed by atoms with Gasteiger partial charge in [-0.1, -0.05) is 18.2 Å². The van der Waals surface area contributed by atoms with Crippen molar-refractivity contribution >= 4 is 5.91 Å². The van der Waals surface area contributed by atoms with E-state index in [9.17, 15) is 22.4 Å². The van der Waals surface area contributed by atoms with Crippen molar-refractivity contribution in [1.29, 1.82) is 0 Å². The number of primary amides is 1. The fourth-order valence-corrected chi connectivity index (χ4v) is 1.75. The van der Waals surface area contributed by atoms with Crippen LogP contribution in [-0.4, -0.2) is 5.91 Å². The van der Waals surface area contributed by atoms with Crippen molar-refractivity contribution in [2.24, 2.45) is 5.73 Å². The molecule has 0 heterocycles. The highest BCUT2D eigenvalue weighted by molar-refractivity contribution is 5.93. The van der Waals surface area contributed by atoms with Gasteiger partial charge in [0, 0.05) is 5.56 Å². The summed E-state index contributed by atoms with van der Waals surface area (Å²) in [5.74, 6) is -1.95. The van der Waals surface area contributed by atoms with Crippen LogP contribution >= 0.6 is 0 Å². The molecule has 20 heavy (non-hydrogen) atoms. The third-order valence-electron chi connectivity index (χ3n) is 2.78. The predicted octanol–water partition coefficient (Wildman–Crippen LogP) is 3.61. The third-order valence-corrected chi connectivity index (χ3v) is 2.78. The Bertz CT molecular complexity index is 647. The molecule has 0 bridgehead atoms. The minimum absolute atomic E-state index is 0.265. The number of carbonyl (C=O) groups is 1. The monoisotopic (exact) mass is 283 g/mol. The summed E-state index contributed by atoms with van der Waals surface area (Å²) in [5.41, 5.74) is 4.80. The average Bonchev–Trinajstić information content (AvgIpc) is 2.37. The summed E-state index contributed by atoms with van der Waals surface area (Å²) in [6.45, 7) is 0. The predicted molar refractivity (Wildman–Crippen MR) is 65.4 cm³/mol. The van der Waals surface area contributed by atoms with Gasteiger partial charge in [0.05, 0.1) is 5.56 Å². The molecule has 0 saturated carbocycles. The molecular formula is C14H9F4NO. The van der Waals surface area contributed by atoms with Gasteiger partial charge in [0.1, 0.15) is 5.82 Å². The summed E-state index contributed by atoms with van der Waals surface area (Å²) in [5, 5.41) is 0. The van der Waals surface area contributed by atoms with E-state index in [1.165, 1.54) is 30.3 Å². The van der Waals surface area contributed by atoms with E-state index in [1.54, 1.807) is 0 Å². The van der Waals surface area contributed by atoms with Crippen LogP contribution in [0.5, 0.6) is 0 Å². The molecule has 2 N–H and O–H groups in total. The number of hydrogen-bond acceptors (Lipinski definition) is 1. The van der Waals surface area contributed by atoms with Gasteiger partial charge >= 0.3 is 6.18 Å². The first kappa shape index (κ1) is 14.0. The van der Waals surface area contributed by atoms with Crippen molar-refractivity contribution < 1.29 is 22.4 Å². The summed E-state index contributed by atoms with van der Waals surface area (Å²) in [6, 6.07) is 8.49. The Morgan fingerprint density at radius 2 is 1.50 bits per heavy atom. The summed E-state index contributed by atoms with van der Waals surface area (Å²) in [7, 11) is 0. The standard InChI is InChI=1S/C14H9F4NO/c15-12-7-10(5-6-11(12)14(16,17)18)8-1-3-9(4-2-8)13(19)20/h1-7H,(H2,19,20). The van der Waals surface area contributed by atoms with Crippen molar-refractivity contribution in [3.8, 4) is 11.1 Å². The lowest BCUT2D eigenvalue weighted by Crippen LogP contribution is -2.10. The minimum atomic E-state index is -4.72. The second-order valence-corrected chi connectivity index (χ2v) is 4.13. The Hall–Kier alpha value is -2.37. The Balaban J connectivity index is 2.39. The molecule has 0 unspecified atom stereocenters. The van der Waals surface area contributed by atoms with E-state index in [2.05, 4.69) is 0 Å². The highest BCUT2D eigenvalue weighted by Crippen LogP contribution is 2.33. The summed E-state index contributed by atoms with van der Waals surface area (Å²) in [4.78, 5) is 10.9. The number of carbonyl (C=O) groups excluding carboxylic acids is 1. The molecule has 2 nitrogen and oxygen atoms in total. The first-order chi connectivity index (χ1) is 9.29. The van der Waals surface area contributed by atoms with E-state index in [1.807, 2.05) is 0 Å². The summed E-state index contributed by atoms with van der Waals surface area (Å²) >= 11 is 0. The lowest BCUT2D eigenvalue weighted by atomic mass is 10.0. The van der Waals surface area contributed by atoms with Gasteiger partial charge in [0.2, 0.25) is 5.91 Å². The number of rotatable bonds is 2. The van der Waals surface area contributed by atoms with Crippen molar-refractivity contribution in [2.45, 2.75) is 6.18 Å². The SMILES string of the molecule is NC(=O)c1ccc(-c2ccc(C(F)(F)F)c(F)c2)cc1. The van der Waals surface area contributed by atoms with Crippen LogP contribution in [0.15, 0.2) is 42.5 Å². The zero-order valence-electron chi connectivity index (χ0n) is 10.0. The molecule has 0 aliphatic carbocycles. The van der Waals surface area contributed by atoms with Crippen LogP contribution in [0, 0.1) is 5.82 Å². The topological polar surface area (TPSA) is 43.1 Å². The number of halogens is 4. The molecule has 0 spiro atoms. The first-order valence-corrected chi connectivity index (χ1v) is 5.56. The Labute approximate surface area is 111 Å². The number of amides is 1. The zero-order chi connectivity index (χ0) is 14.9. The Morgan fingerprint density at radius 1 is 0.950 bits per heavy atom. The number of alkyl halides is 3. The lowest BCUT2D eigenvalue weighted by Gasteiger charge is -2.09. The summed E-state index contributed by atoms with van der Waals surface area (Å²) < 4.78 is 50.7. The van der Waals surface area contributed by atoms with Gasteiger partial charge in [-0.3, -0.25) is 4.79 Å².